The SMILES string of the molecule is C[C@@H]([NH2+][B-](c1c(F)c(F)c(F)c(F)c1F)(c1c(F)c(F)c(F)c(F)c1F)c1c(F)c(F)c(F)c(F)c1F)c1ccccc1.ClCCl. The third-order valence-electron chi connectivity index (χ3n) is 7.00. The highest BCUT2D eigenvalue weighted by molar-refractivity contribution is 7.05. The molecule has 19 heteroatoms. The Morgan fingerprint density at radius 3 is 0.913 bits per heavy atom. The largest absolute Gasteiger partial charge is 0.519 e. The van der Waals surface area contributed by atoms with Gasteiger partial charge in [-0.15, -0.1) is 23.2 Å². The zero-order valence-corrected chi connectivity index (χ0v) is 23.8. The fourth-order valence-corrected chi connectivity index (χ4v) is 5.09. The van der Waals surface area contributed by atoms with Gasteiger partial charge < -0.3 is 5.23 Å². The summed E-state index contributed by atoms with van der Waals surface area (Å²) in [6, 6.07) is 4.32. The molecule has 0 radical (unpaired) electrons. The van der Waals surface area contributed by atoms with Crippen LogP contribution in [0.5, 0.6) is 0 Å². The lowest BCUT2D eigenvalue weighted by molar-refractivity contribution is -0.569. The Morgan fingerprint density at radius 2 is 0.674 bits per heavy atom. The standard InChI is InChI=1S/C26H11BF15N.CH2Cl2/c1-7(8-5-3-2-4-6-8)43-27(9-12(28)18(34)24(40)19(35)13(9)29,10-14(30)20(36)25(41)21(37)15(10)31)11-16(32)22(38)26(42)23(39)17(11)33;2-1-3/h2-7H,43H2,1H3;1H2/t7-;/m1./s1. The highest BCUT2D eigenvalue weighted by atomic mass is 35.5. The average molecular weight is 718 g/mol. The minimum absolute atomic E-state index is 0.00975. The minimum atomic E-state index is -5.71. The van der Waals surface area contributed by atoms with E-state index in [0.29, 0.717) is 0 Å². The van der Waals surface area contributed by atoms with Crippen LogP contribution < -0.4 is 21.6 Å². The fourth-order valence-electron chi connectivity index (χ4n) is 5.09. The lowest BCUT2D eigenvalue weighted by Gasteiger charge is -2.42. The maximum absolute atomic E-state index is 15.5. The molecule has 4 aromatic rings. The maximum Gasteiger partial charge on any atom is 0.306 e. The molecule has 0 amide bonds. The second-order valence-electron chi connectivity index (χ2n) is 9.38. The molecule has 0 aliphatic rings. The second-order valence-corrected chi connectivity index (χ2v) is 10.2. The van der Waals surface area contributed by atoms with E-state index >= 15 is 26.3 Å². The van der Waals surface area contributed by atoms with Gasteiger partial charge in [0.2, 0.25) is 0 Å². The number of alkyl halides is 2. The molecule has 0 bridgehead atoms. The fraction of sp³-hybridized carbons (Fsp3) is 0.111. The third kappa shape index (κ3) is 5.88. The molecule has 1 nitrogen and oxygen atoms in total. The van der Waals surface area contributed by atoms with E-state index in [4.69, 9.17) is 23.2 Å². The molecule has 46 heavy (non-hydrogen) atoms. The van der Waals surface area contributed by atoms with Gasteiger partial charge in [0.15, 0.2) is 52.4 Å². The van der Waals surface area contributed by atoms with Crippen LogP contribution in [-0.4, -0.2) is 11.6 Å². The summed E-state index contributed by atoms with van der Waals surface area (Å²) in [6.45, 7) is 0.899. The molecular weight excluding hydrogens is 705 g/mol. The Bertz CT molecular complexity index is 1550. The van der Waals surface area contributed by atoms with Gasteiger partial charge in [0, 0.05) is 5.56 Å². The molecule has 2 N–H and O–H groups in total. The van der Waals surface area contributed by atoms with Crippen LogP contribution in [0, 0.1) is 87.3 Å². The van der Waals surface area contributed by atoms with Crippen LogP contribution in [0.4, 0.5) is 65.9 Å². The van der Waals surface area contributed by atoms with Gasteiger partial charge in [-0.2, -0.15) is 0 Å². The summed E-state index contributed by atoms with van der Waals surface area (Å²) in [6.07, 6.45) is -5.71. The van der Waals surface area contributed by atoms with Crippen LogP contribution in [0.25, 0.3) is 0 Å². The molecule has 0 heterocycles. The summed E-state index contributed by atoms with van der Waals surface area (Å²) in [5, 5.41) is 0.185. The predicted molar refractivity (Wildman–Crippen MR) is 137 cm³/mol. The lowest BCUT2D eigenvalue weighted by Crippen LogP contribution is -3.12. The van der Waals surface area contributed by atoms with E-state index in [9.17, 15) is 39.5 Å². The summed E-state index contributed by atoms with van der Waals surface area (Å²) in [4.78, 5) is 0. The second kappa shape index (κ2) is 14.1. The van der Waals surface area contributed by atoms with Gasteiger partial charge in [-0.3, -0.25) is 0 Å². The molecule has 4 aromatic carbocycles. The van der Waals surface area contributed by atoms with Crippen molar-refractivity contribution in [3.63, 3.8) is 0 Å². The Kier molecular flexibility index (Phi) is 11.3. The summed E-state index contributed by atoms with van der Waals surface area (Å²) < 4.78 is 222. The molecule has 0 spiro atoms. The molecule has 0 aliphatic heterocycles. The van der Waals surface area contributed by atoms with Gasteiger partial charge in [-0.25, -0.2) is 65.9 Å². The van der Waals surface area contributed by atoms with E-state index in [0.717, 1.165) is 19.1 Å². The van der Waals surface area contributed by atoms with E-state index in [1.807, 2.05) is 0 Å². The van der Waals surface area contributed by atoms with Crippen LogP contribution in [0.15, 0.2) is 30.3 Å². The van der Waals surface area contributed by atoms with E-state index in [1.54, 1.807) is 0 Å². The van der Waals surface area contributed by atoms with Gasteiger partial charge in [-0.1, -0.05) is 46.7 Å². The first-order valence-electron chi connectivity index (χ1n) is 12.2. The van der Waals surface area contributed by atoms with Crippen LogP contribution in [0.3, 0.4) is 0 Å². The first-order valence-corrected chi connectivity index (χ1v) is 13.2. The summed E-state index contributed by atoms with van der Waals surface area (Å²) in [5.74, 6) is -45.4. The average Bonchev–Trinajstić information content (AvgIpc) is 3.03. The number of quaternary nitrogens is 1. The predicted octanol–water partition coefficient (Wildman–Crippen LogP) is 6.49. The monoisotopic (exact) mass is 717 g/mol. The third-order valence-corrected chi connectivity index (χ3v) is 7.00. The van der Waals surface area contributed by atoms with Crippen molar-refractivity contribution in [2.75, 3.05) is 5.34 Å². The van der Waals surface area contributed by atoms with Crippen LogP contribution in [0.1, 0.15) is 18.5 Å². The number of nitrogens with two attached hydrogens (primary N) is 1. The topological polar surface area (TPSA) is 16.6 Å². The molecule has 0 aromatic heterocycles. The first-order chi connectivity index (χ1) is 21.4. The van der Waals surface area contributed by atoms with Crippen molar-refractivity contribution in [1.82, 2.24) is 0 Å². The Balaban J connectivity index is 0.00000185. The quantitative estimate of drug-likeness (QED) is 0.0774. The minimum Gasteiger partial charge on any atom is -0.519 e. The van der Waals surface area contributed by atoms with E-state index in [2.05, 4.69) is 0 Å². The smallest absolute Gasteiger partial charge is 0.306 e. The van der Waals surface area contributed by atoms with Crippen molar-refractivity contribution in [3.05, 3.63) is 123 Å². The molecule has 4 rings (SSSR count). The number of hydrogen-bond acceptors (Lipinski definition) is 0. The highest BCUT2D eigenvalue weighted by Gasteiger charge is 2.54. The van der Waals surface area contributed by atoms with E-state index in [-0.39, 0.29) is 16.1 Å². The number of rotatable bonds is 6. The van der Waals surface area contributed by atoms with Crippen LogP contribution in [-0.2, 0) is 0 Å². The zero-order chi connectivity index (χ0) is 35.0. The molecule has 1 atom stereocenters. The van der Waals surface area contributed by atoms with E-state index in [1.165, 1.54) is 18.2 Å². The highest BCUT2D eigenvalue weighted by Crippen LogP contribution is 2.26. The first kappa shape index (κ1) is 36.9. The Morgan fingerprint density at radius 1 is 0.457 bits per heavy atom. The van der Waals surface area contributed by atoms with Gasteiger partial charge in [0.1, 0.15) is 34.9 Å². The lowest BCUT2D eigenvalue weighted by atomic mass is 9.23. The number of benzene rings is 4. The van der Waals surface area contributed by atoms with Gasteiger partial charge >= 0.3 is 6.28 Å². The van der Waals surface area contributed by atoms with Gasteiger partial charge in [-0.05, 0) is 6.92 Å². The van der Waals surface area contributed by atoms with Crippen LogP contribution >= 0.6 is 23.2 Å². The van der Waals surface area contributed by atoms with Crippen molar-refractivity contribution in [2.24, 2.45) is 0 Å². The van der Waals surface area contributed by atoms with Crippen molar-refractivity contribution >= 4 is 45.9 Å². The molecule has 0 saturated carbocycles. The van der Waals surface area contributed by atoms with Crippen molar-refractivity contribution < 1.29 is 71.1 Å². The molecule has 248 valence electrons. The Hall–Kier alpha value is -3.57. The van der Waals surface area contributed by atoms with Crippen LogP contribution in [0.2, 0.25) is 0 Å². The number of halogens is 17. The summed E-state index contributed by atoms with van der Waals surface area (Å²) in [7, 11) is 0. The molecule has 0 unspecified atom stereocenters. The maximum atomic E-state index is 15.5. The van der Waals surface area contributed by atoms with Gasteiger partial charge in [0.25, 0.3) is 0 Å². The number of hydrogen-bond donors (Lipinski definition) is 1. The Labute approximate surface area is 258 Å². The van der Waals surface area contributed by atoms with Gasteiger partial charge in [0.05, 0.1) is 11.4 Å². The molecular formula is C27H13BCl2F15N. The van der Waals surface area contributed by atoms with Crippen molar-refractivity contribution in [2.45, 2.75) is 13.0 Å². The zero-order valence-electron chi connectivity index (χ0n) is 22.3. The summed E-state index contributed by atoms with van der Waals surface area (Å²) >= 11 is 9.53. The summed E-state index contributed by atoms with van der Waals surface area (Å²) in [5.41, 5.74) is -8.13. The molecule has 0 aliphatic carbocycles. The molecule has 0 fully saturated rings. The van der Waals surface area contributed by atoms with Crippen molar-refractivity contribution in [1.29, 1.82) is 0 Å². The van der Waals surface area contributed by atoms with Crippen molar-refractivity contribution in [3.8, 4) is 0 Å². The van der Waals surface area contributed by atoms with E-state index < -0.39 is 116 Å². The molecule has 0 saturated heterocycles. The normalized spacial score (nSPS) is 12.2.